The fraction of sp³-hybridized carbons (Fsp3) is 0.333. The zero-order valence-electron chi connectivity index (χ0n) is 13.1. The lowest BCUT2D eigenvalue weighted by Crippen LogP contribution is -2.29. The van der Waals surface area contributed by atoms with Gasteiger partial charge in [-0.05, 0) is 19.1 Å². The Morgan fingerprint density at radius 1 is 1.27 bits per heavy atom. The Morgan fingerprint density at radius 2 is 2.05 bits per heavy atom. The van der Waals surface area contributed by atoms with Crippen LogP contribution in [-0.2, 0) is 6.54 Å². The molecule has 0 fully saturated rings. The number of methoxy groups -OCH3 is 2. The van der Waals surface area contributed by atoms with Crippen molar-refractivity contribution in [3.8, 4) is 11.5 Å². The number of thiazole rings is 1. The van der Waals surface area contributed by atoms with Crippen molar-refractivity contribution in [2.45, 2.75) is 13.5 Å². The molecule has 0 saturated heterocycles. The van der Waals surface area contributed by atoms with Crippen LogP contribution in [0.4, 0.5) is 5.69 Å². The molecule has 1 aromatic carbocycles. The molecule has 0 aliphatic carbocycles. The highest BCUT2D eigenvalue weighted by Gasteiger charge is 2.06. The standard InChI is InChI=1S/C15H20N4O2S/c1-10-17-8-12(22-10)9-18-15(16-2)19-11-5-6-13(20-3)14(7-11)21-4/h5-8H,9H2,1-4H3,(H2,16,18,19). The van der Waals surface area contributed by atoms with Crippen molar-refractivity contribution in [2.24, 2.45) is 4.99 Å². The molecule has 118 valence electrons. The van der Waals surface area contributed by atoms with Crippen LogP contribution in [0.3, 0.4) is 0 Å². The van der Waals surface area contributed by atoms with Gasteiger partial charge in [-0.3, -0.25) is 4.99 Å². The van der Waals surface area contributed by atoms with Crippen molar-refractivity contribution < 1.29 is 9.47 Å². The van der Waals surface area contributed by atoms with Crippen LogP contribution in [0.5, 0.6) is 11.5 Å². The van der Waals surface area contributed by atoms with E-state index in [1.165, 1.54) is 0 Å². The third-order valence-corrected chi connectivity index (χ3v) is 3.88. The van der Waals surface area contributed by atoms with Gasteiger partial charge in [0.15, 0.2) is 17.5 Å². The molecule has 22 heavy (non-hydrogen) atoms. The minimum Gasteiger partial charge on any atom is -0.493 e. The second-order valence-electron chi connectivity index (χ2n) is 4.47. The van der Waals surface area contributed by atoms with Gasteiger partial charge in [0.2, 0.25) is 0 Å². The zero-order chi connectivity index (χ0) is 15.9. The smallest absolute Gasteiger partial charge is 0.195 e. The van der Waals surface area contributed by atoms with Crippen molar-refractivity contribution in [1.29, 1.82) is 0 Å². The zero-order valence-corrected chi connectivity index (χ0v) is 14.0. The maximum absolute atomic E-state index is 5.29. The van der Waals surface area contributed by atoms with Gasteiger partial charge < -0.3 is 20.1 Å². The van der Waals surface area contributed by atoms with Gasteiger partial charge in [0.25, 0.3) is 0 Å². The molecular weight excluding hydrogens is 300 g/mol. The predicted octanol–water partition coefficient (Wildman–Crippen LogP) is 2.66. The number of hydrogen-bond acceptors (Lipinski definition) is 5. The van der Waals surface area contributed by atoms with E-state index in [4.69, 9.17) is 9.47 Å². The summed E-state index contributed by atoms with van der Waals surface area (Å²) in [7, 11) is 4.96. The van der Waals surface area contributed by atoms with Gasteiger partial charge in [0.1, 0.15) is 0 Å². The first kappa shape index (κ1) is 16.1. The van der Waals surface area contributed by atoms with Crippen molar-refractivity contribution in [3.63, 3.8) is 0 Å². The molecule has 0 radical (unpaired) electrons. The third kappa shape index (κ3) is 4.11. The van der Waals surface area contributed by atoms with Gasteiger partial charge in [-0.15, -0.1) is 11.3 Å². The van der Waals surface area contributed by atoms with E-state index in [1.807, 2.05) is 31.3 Å². The number of aryl methyl sites for hydroxylation is 1. The lowest BCUT2D eigenvalue weighted by atomic mass is 10.3. The molecule has 2 N–H and O–H groups in total. The second-order valence-corrected chi connectivity index (χ2v) is 5.79. The summed E-state index contributed by atoms with van der Waals surface area (Å²) in [6, 6.07) is 5.62. The predicted molar refractivity (Wildman–Crippen MR) is 90.2 cm³/mol. The van der Waals surface area contributed by atoms with E-state index < -0.39 is 0 Å². The molecule has 1 aromatic heterocycles. The van der Waals surface area contributed by atoms with E-state index in [0.717, 1.165) is 15.6 Å². The Hall–Kier alpha value is -2.28. The van der Waals surface area contributed by atoms with E-state index in [0.29, 0.717) is 24.0 Å². The lowest BCUT2D eigenvalue weighted by Gasteiger charge is -2.13. The van der Waals surface area contributed by atoms with Crippen molar-refractivity contribution in [3.05, 3.63) is 34.3 Å². The van der Waals surface area contributed by atoms with Crippen LogP contribution >= 0.6 is 11.3 Å². The molecule has 7 heteroatoms. The number of anilines is 1. The summed E-state index contributed by atoms with van der Waals surface area (Å²) in [5.41, 5.74) is 0.867. The van der Waals surface area contributed by atoms with E-state index >= 15 is 0 Å². The van der Waals surface area contributed by atoms with Gasteiger partial charge >= 0.3 is 0 Å². The Kier molecular flexibility index (Phi) is 5.60. The molecule has 0 atom stereocenters. The molecule has 2 aromatic rings. The molecule has 6 nitrogen and oxygen atoms in total. The Labute approximate surface area is 134 Å². The number of nitrogens with zero attached hydrogens (tertiary/aromatic N) is 2. The van der Waals surface area contributed by atoms with Crippen LogP contribution in [0.1, 0.15) is 9.88 Å². The number of guanidine groups is 1. The summed E-state index contributed by atoms with van der Waals surface area (Å²) in [5, 5.41) is 7.53. The van der Waals surface area contributed by atoms with Gasteiger partial charge in [0.05, 0.1) is 25.8 Å². The molecule has 0 aliphatic rings. The molecule has 1 heterocycles. The van der Waals surface area contributed by atoms with Gasteiger partial charge in [-0.2, -0.15) is 0 Å². The van der Waals surface area contributed by atoms with E-state index in [2.05, 4.69) is 20.6 Å². The Morgan fingerprint density at radius 3 is 2.64 bits per heavy atom. The molecule has 0 saturated carbocycles. The van der Waals surface area contributed by atoms with E-state index in [1.54, 1.807) is 32.6 Å². The maximum Gasteiger partial charge on any atom is 0.195 e. The minimum atomic E-state index is 0.668. The molecule has 0 amide bonds. The number of nitrogens with one attached hydrogen (secondary N) is 2. The first-order valence-corrected chi connectivity index (χ1v) is 7.59. The summed E-state index contributed by atoms with van der Waals surface area (Å²) in [4.78, 5) is 9.60. The summed E-state index contributed by atoms with van der Waals surface area (Å²) >= 11 is 1.66. The highest BCUT2D eigenvalue weighted by Crippen LogP contribution is 2.29. The van der Waals surface area contributed by atoms with Gasteiger partial charge in [-0.25, -0.2) is 4.98 Å². The number of aromatic nitrogens is 1. The molecule has 0 spiro atoms. The maximum atomic E-state index is 5.29. The highest BCUT2D eigenvalue weighted by molar-refractivity contribution is 7.11. The van der Waals surface area contributed by atoms with Crippen molar-refractivity contribution >= 4 is 23.0 Å². The lowest BCUT2D eigenvalue weighted by molar-refractivity contribution is 0.355. The van der Waals surface area contributed by atoms with Crippen LogP contribution in [0.25, 0.3) is 0 Å². The summed E-state index contributed by atoms with van der Waals surface area (Å²) in [5.74, 6) is 2.04. The van der Waals surface area contributed by atoms with E-state index in [-0.39, 0.29) is 0 Å². The molecule has 0 unspecified atom stereocenters. The fourth-order valence-corrected chi connectivity index (χ4v) is 2.62. The molecule has 0 aliphatic heterocycles. The number of benzene rings is 1. The SMILES string of the molecule is CN=C(NCc1cnc(C)s1)Nc1ccc(OC)c(OC)c1. The van der Waals surface area contributed by atoms with Crippen molar-refractivity contribution in [2.75, 3.05) is 26.6 Å². The average molecular weight is 320 g/mol. The largest absolute Gasteiger partial charge is 0.493 e. The van der Waals surface area contributed by atoms with Crippen LogP contribution in [0, 0.1) is 6.92 Å². The normalized spacial score (nSPS) is 11.2. The number of rotatable bonds is 5. The number of ether oxygens (including phenoxy) is 2. The highest BCUT2D eigenvalue weighted by atomic mass is 32.1. The second kappa shape index (κ2) is 7.65. The summed E-state index contributed by atoms with van der Waals surface area (Å²) in [6.45, 7) is 2.67. The van der Waals surface area contributed by atoms with Gasteiger partial charge in [-0.1, -0.05) is 0 Å². The molecule has 0 bridgehead atoms. The van der Waals surface area contributed by atoms with E-state index in [9.17, 15) is 0 Å². The fourth-order valence-electron chi connectivity index (χ4n) is 1.89. The van der Waals surface area contributed by atoms with Crippen LogP contribution in [-0.4, -0.2) is 32.2 Å². The van der Waals surface area contributed by atoms with Crippen LogP contribution < -0.4 is 20.1 Å². The number of aliphatic imine (C=N–C) groups is 1. The first-order chi connectivity index (χ1) is 10.7. The Bertz CT molecular complexity index is 655. The van der Waals surface area contributed by atoms with Gasteiger partial charge in [0, 0.05) is 29.9 Å². The third-order valence-electron chi connectivity index (χ3n) is 2.97. The quantitative estimate of drug-likeness (QED) is 0.655. The Balaban J connectivity index is 2.01. The average Bonchev–Trinajstić information content (AvgIpc) is 2.96. The topological polar surface area (TPSA) is 67.8 Å². The summed E-state index contributed by atoms with van der Waals surface area (Å²) in [6.07, 6.45) is 1.87. The number of hydrogen-bond donors (Lipinski definition) is 2. The molecule has 2 rings (SSSR count). The summed E-state index contributed by atoms with van der Waals surface area (Å²) < 4.78 is 10.5. The monoisotopic (exact) mass is 320 g/mol. The van der Waals surface area contributed by atoms with Crippen molar-refractivity contribution in [1.82, 2.24) is 10.3 Å². The molecular formula is C15H20N4O2S. The van der Waals surface area contributed by atoms with Crippen LogP contribution in [0.15, 0.2) is 29.4 Å². The van der Waals surface area contributed by atoms with Crippen LogP contribution in [0.2, 0.25) is 0 Å². The first-order valence-electron chi connectivity index (χ1n) is 6.77. The minimum absolute atomic E-state index is 0.668.